The summed E-state index contributed by atoms with van der Waals surface area (Å²) in [6.45, 7) is 8.50. The highest BCUT2D eigenvalue weighted by atomic mass is 35.5. The molecule has 0 aliphatic carbocycles. The van der Waals surface area contributed by atoms with Crippen LogP contribution in [0.1, 0.15) is 86.6 Å². The van der Waals surface area contributed by atoms with Gasteiger partial charge in [-0.25, -0.2) is 48.7 Å². The zero-order valence-corrected chi connectivity index (χ0v) is 37.0. The molecule has 0 aliphatic heterocycles. The summed E-state index contributed by atoms with van der Waals surface area (Å²) in [6.07, 6.45) is 0.520. The zero-order valence-electron chi connectivity index (χ0n) is 36.2. The highest BCUT2D eigenvalue weighted by Gasteiger charge is 2.32. The van der Waals surface area contributed by atoms with Gasteiger partial charge in [0.05, 0.1) is 33.4 Å². The van der Waals surface area contributed by atoms with E-state index in [0.717, 1.165) is 12.4 Å². The Balaban J connectivity index is 0.000000557. The molecule has 0 saturated heterocycles. The first kappa shape index (κ1) is 59.4. The van der Waals surface area contributed by atoms with Crippen LogP contribution in [0.3, 0.4) is 0 Å². The van der Waals surface area contributed by atoms with Crippen LogP contribution in [0.15, 0.2) is 98.1 Å². The van der Waals surface area contributed by atoms with Gasteiger partial charge in [0.25, 0.3) is 11.8 Å². The number of benzene rings is 2. The number of rotatable bonds is 12. The molecule has 13 nitrogen and oxygen atoms in total. The first-order valence-corrected chi connectivity index (χ1v) is 20.1. The van der Waals surface area contributed by atoms with E-state index in [1.807, 2.05) is 20.8 Å². The number of likely N-dealkylation sites (N-methyl/N-ethyl adjacent to an activating group) is 1. The highest BCUT2D eigenvalue weighted by molar-refractivity contribution is 6.28. The molecule has 2 atom stereocenters. The van der Waals surface area contributed by atoms with Crippen LogP contribution in [0.4, 0.5) is 35.1 Å². The molecule has 0 radical (unpaired) electrons. The molecule has 0 saturated carbocycles. The first-order valence-electron chi connectivity index (χ1n) is 19.7. The van der Waals surface area contributed by atoms with Gasteiger partial charge in [-0.2, -0.15) is 26.3 Å². The van der Waals surface area contributed by atoms with Crippen molar-refractivity contribution in [1.82, 2.24) is 49.7 Å². The van der Waals surface area contributed by atoms with Crippen molar-refractivity contribution in [1.29, 1.82) is 0 Å². The molecule has 4 heterocycles. The lowest BCUT2D eigenvalue weighted by Crippen LogP contribution is -2.42. The van der Waals surface area contributed by atoms with E-state index in [1.54, 1.807) is 34.9 Å². The van der Waals surface area contributed by atoms with Crippen LogP contribution in [0, 0.1) is 19.1 Å². The minimum atomic E-state index is -4.50. The number of halogens is 9. The van der Waals surface area contributed by atoms with Crippen molar-refractivity contribution in [3.05, 3.63) is 151 Å². The van der Waals surface area contributed by atoms with E-state index in [9.17, 15) is 44.7 Å². The summed E-state index contributed by atoms with van der Waals surface area (Å²) in [5, 5.41) is -0.196. The minimum Gasteiger partial charge on any atom is -0.358 e. The van der Waals surface area contributed by atoms with E-state index in [4.69, 9.17) is 17.3 Å². The summed E-state index contributed by atoms with van der Waals surface area (Å²) in [4.78, 5) is 59.4. The second kappa shape index (κ2) is 27.3. The maximum absolute atomic E-state index is 14.6. The van der Waals surface area contributed by atoms with E-state index in [-0.39, 0.29) is 91.7 Å². The maximum Gasteiger partial charge on any atom is 0.419 e. The number of nitrogens with two attached hydrogens (primary N) is 1. The second-order valence-electron chi connectivity index (χ2n) is 13.7. The van der Waals surface area contributed by atoms with Crippen LogP contribution >= 0.6 is 11.6 Å². The predicted octanol–water partition coefficient (Wildman–Crippen LogP) is 10.5. The van der Waals surface area contributed by atoms with Gasteiger partial charge in [-0.3, -0.25) is 9.59 Å². The van der Waals surface area contributed by atoms with Gasteiger partial charge >= 0.3 is 12.4 Å². The molecule has 6 rings (SSSR count). The Morgan fingerprint density at radius 3 is 1.34 bits per heavy atom. The van der Waals surface area contributed by atoms with Gasteiger partial charge in [-0.05, 0) is 82.1 Å². The number of hydrogen-bond donors (Lipinski definition) is 1. The third-order valence-corrected chi connectivity index (χ3v) is 9.64. The van der Waals surface area contributed by atoms with E-state index in [0.29, 0.717) is 38.4 Å². The molecule has 2 aromatic carbocycles. The Kier molecular flexibility index (Phi) is 23.8. The predicted molar refractivity (Wildman–Crippen MR) is 244 cm³/mol. The SMILES string of the molecule is C.C.CCN(C(=O)c1cccc(F)c1-c1ncccn1)[C@@H](C)CCc1ncc(C(F)(F)F)cn1.CCN(C(=O)c1cccc(F)c1-c1ncccn1)[C@@H](C)CN.FC(F)(F)c1cnc(Cl)nc1.[CH3-]. The lowest BCUT2D eigenvalue weighted by atomic mass is 10.0. The molecular formula is C46H53ClF8N11O2-. The van der Waals surface area contributed by atoms with Gasteiger partial charge in [0, 0.05) is 87.7 Å². The maximum atomic E-state index is 14.6. The average Bonchev–Trinajstić information content (AvgIpc) is 3.29. The van der Waals surface area contributed by atoms with Gasteiger partial charge in [0.15, 0.2) is 11.6 Å². The fraction of sp³-hybridized carbons (Fsp3) is 0.326. The Hall–Kier alpha value is -6.61. The number of alkyl halides is 6. The van der Waals surface area contributed by atoms with Crippen molar-refractivity contribution in [2.75, 3.05) is 19.6 Å². The molecule has 22 heteroatoms. The quantitative estimate of drug-likeness (QED) is 0.0703. The largest absolute Gasteiger partial charge is 0.419 e. The van der Waals surface area contributed by atoms with Gasteiger partial charge in [-0.15, -0.1) is 0 Å². The van der Waals surface area contributed by atoms with Crippen molar-refractivity contribution in [2.45, 2.75) is 79.8 Å². The fourth-order valence-corrected chi connectivity index (χ4v) is 6.14. The van der Waals surface area contributed by atoms with Crippen LogP contribution in [-0.4, -0.2) is 93.2 Å². The molecule has 368 valence electrons. The highest BCUT2D eigenvalue weighted by Crippen LogP contribution is 2.30. The van der Waals surface area contributed by atoms with Crippen LogP contribution in [0.25, 0.3) is 22.8 Å². The summed E-state index contributed by atoms with van der Waals surface area (Å²) >= 11 is 5.17. The molecule has 2 N–H and O–H groups in total. The monoisotopic (exact) mass is 978 g/mol. The fourth-order valence-electron chi connectivity index (χ4n) is 6.05. The number of carbonyl (C=O) groups is 2. The summed E-state index contributed by atoms with van der Waals surface area (Å²) in [5.41, 5.74) is 4.36. The summed E-state index contributed by atoms with van der Waals surface area (Å²) in [7, 11) is 0. The van der Waals surface area contributed by atoms with Crippen molar-refractivity contribution in [3.8, 4) is 22.8 Å². The molecule has 68 heavy (non-hydrogen) atoms. The van der Waals surface area contributed by atoms with Gasteiger partial charge < -0.3 is 23.0 Å². The van der Waals surface area contributed by atoms with Crippen LogP contribution in [0.5, 0.6) is 0 Å². The van der Waals surface area contributed by atoms with E-state index < -0.39 is 41.0 Å². The van der Waals surface area contributed by atoms with E-state index >= 15 is 0 Å². The van der Waals surface area contributed by atoms with Gasteiger partial charge in [-0.1, -0.05) is 27.0 Å². The summed E-state index contributed by atoms with van der Waals surface area (Å²) < 4.78 is 102. The van der Waals surface area contributed by atoms with Crippen LogP contribution < -0.4 is 5.73 Å². The lowest BCUT2D eigenvalue weighted by molar-refractivity contribution is -0.138. The molecule has 0 fully saturated rings. The average molecular weight is 979 g/mol. The smallest absolute Gasteiger partial charge is 0.358 e. The number of hydrogen-bond acceptors (Lipinski definition) is 11. The lowest BCUT2D eigenvalue weighted by Gasteiger charge is -2.29. The van der Waals surface area contributed by atoms with Gasteiger partial charge in [0.1, 0.15) is 17.5 Å². The topological polar surface area (TPSA) is 170 Å². The zero-order chi connectivity index (χ0) is 47.9. The number of carbonyl (C=O) groups excluding carboxylic acids is 2. The van der Waals surface area contributed by atoms with Crippen molar-refractivity contribution in [3.63, 3.8) is 0 Å². The Morgan fingerprint density at radius 1 is 0.618 bits per heavy atom. The Labute approximate surface area is 395 Å². The van der Waals surface area contributed by atoms with Gasteiger partial charge in [0.2, 0.25) is 5.28 Å². The standard InChI is InChI=1S/C22H21F4N5O.C16H19FN4O.C5H2ClF3N2.2CH4.CH3/c1-3-31(14(2)8-9-18-29-12-15(13-30-18)22(24,25)26)21(32)16-6-4-7-17(23)19(16)20-27-10-5-11-28-20;1-3-21(11(2)10-18)16(22)12-6-4-7-13(17)14(12)15-19-8-5-9-20-15;6-4-10-1-3(2-11-4)5(7,8)9;;;/h4-7,10-14H,3,8-9H2,1-2H3;4-9,11H,3,10,18H2,1-2H3;1-2H;2*1H4;1H3/q;;;;;-1/t14-;11-;;;;/m00..../s1. The number of nitrogens with zero attached hydrogens (tertiary/aromatic N) is 10. The van der Waals surface area contributed by atoms with Crippen molar-refractivity contribution >= 4 is 23.4 Å². The molecule has 0 bridgehead atoms. The molecule has 4 aromatic heterocycles. The third-order valence-electron chi connectivity index (χ3n) is 9.44. The summed E-state index contributed by atoms with van der Waals surface area (Å²) in [6, 6.07) is 11.4. The molecule has 2 amide bonds. The number of amides is 2. The van der Waals surface area contributed by atoms with E-state index in [2.05, 4.69) is 39.9 Å². The third kappa shape index (κ3) is 16.0. The number of aryl methyl sites for hydroxylation is 1. The minimum absolute atomic E-state index is 0. The Bertz CT molecular complexity index is 2450. The molecule has 0 unspecified atom stereocenters. The van der Waals surface area contributed by atoms with Crippen LogP contribution in [-0.2, 0) is 18.8 Å². The Morgan fingerprint density at radius 2 is 0.985 bits per heavy atom. The second-order valence-corrected chi connectivity index (χ2v) is 14.1. The van der Waals surface area contributed by atoms with Crippen molar-refractivity contribution < 1.29 is 44.7 Å². The van der Waals surface area contributed by atoms with Crippen molar-refractivity contribution in [2.24, 2.45) is 5.73 Å². The molecule has 0 spiro atoms. The normalized spacial score (nSPS) is 11.6. The summed E-state index contributed by atoms with van der Waals surface area (Å²) in [5.74, 6) is -1.25. The van der Waals surface area contributed by atoms with Crippen LogP contribution in [0.2, 0.25) is 5.28 Å². The molecular weight excluding hydrogens is 926 g/mol. The van der Waals surface area contributed by atoms with E-state index in [1.165, 1.54) is 55.1 Å². The molecule has 6 aromatic rings. The first-order chi connectivity index (χ1) is 30.8. The molecule has 0 aliphatic rings. The number of aromatic nitrogens is 8.